The van der Waals surface area contributed by atoms with E-state index in [9.17, 15) is 4.79 Å². The van der Waals surface area contributed by atoms with Gasteiger partial charge in [-0.15, -0.1) is 0 Å². The summed E-state index contributed by atoms with van der Waals surface area (Å²) in [4.78, 5) is 10.8. The molecule has 1 aliphatic rings. The van der Waals surface area contributed by atoms with Crippen molar-refractivity contribution >= 4 is 5.97 Å². The molecule has 88 valence electrons. The second kappa shape index (κ2) is 5.50. The summed E-state index contributed by atoms with van der Waals surface area (Å²) in [6.45, 7) is 2.72. The average Bonchev–Trinajstić information content (AvgIpc) is 2.18. The van der Waals surface area contributed by atoms with Crippen LogP contribution in [-0.2, 0) is 4.79 Å². The van der Waals surface area contributed by atoms with E-state index in [1.807, 2.05) is 0 Å². The minimum Gasteiger partial charge on any atom is -0.481 e. The highest BCUT2D eigenvalue weighted by Gasteiger charge is 2.36. The fourth-order valence-electron chi connectivity index (χ4n) is 2.98. The number of carboxylic acids is 1. The van der Waals surface area contributed by atoms with E-state index < -0.39 is 5.97 Å². The van der Waals surface area contributed by atoms with Crippen molar-refractivity contribution in [2.24, 2.45) is 17.1 Å². The first kappa shape index (κ1) is 12.5. The molecule has 0 heterocycles. The summed E-state index contributed by atoms with van der Waals surface area (Å²) in [7, 11) is 0. The van der Waals surface area contributed by atoms with Gasteiger partial charge in [0, 0.05) is 0 Å². The molecule has 3 heteroatoms. The Kier molecular flexibility index (Phi) is 4.58. The van der Waals surface area contributed by atoms with Gasteiger partial charge in [0.15, 0.2) is 0 Å². The lowest BCUT2D eigenvalue weighted by Gasteiger charge is -2.39. The Morgan fingerprint density at radius 1 is 1.60 bits per heavy atom. The van der Waals surface area contributed by atoms with E-state index >= 15 is 0 Å². The van der Waals surface area contributed by atoms with Gasteiger partial charge >= 0.3 is 5.97 Å². The monoisotopic (exact) mass is 213 g/mol. The highest BCUT2D eigenvalue weighted by atomic mass is 16.4. The van der Waals surface area contributed by atoms with Crippen LogP contribution in [0, 0.1) is 11.3 Å². The smallest absolute Gasteiger partial charge is 0.303 e. The number of aliphatic carboxylic acids is 1. The molecule has 0 spiro atoms. The highest BCUT2D eigenvalue weighted by Crippen LogP contribution is 2.42. The lowest BCUT2D eigenvalue weighted by atomic mass is 9.67. The molecule has 0 amide bonds. The number of carbonyl (C=O) groups is 1. The molecule has 3 nitrogen and oxygen atoms in total. The van der Waals surface area contributed by atoms with Gasteiger partial charge in [-0.05, 0) is 30.7 Å². The van der Waals surface area contributed by atoms with E-state index in [0.29, 0.717) is 12.5 Å². The molecule has 2 atom stereocenters. The lowest BCUT2D eigenvalue weighted by molar-refractivity contribution is -0.140. The molecule has 3 N–H and O–H groups in total. The van der Waals surface area contributed by atoms with E-state index in [1.54, 1.807) is 0 Å². The third-order valence-electron chi connectivity index (χ3n) is 3.70. The van der Waals surface area contributed by atoms with Crippen LogP contribution in [0.1, 0.15) is 51.9 Å². The summed E-state index contributed by atoms with van der Waals surface area (Å²) in [5.41, 5.74) is 5.67. The largest absolute Gasteiger partial charge is 0.481 e. The molecule has 0 saturated heterocycles. The van der Waals surface area contributed by atoms with E-state index in [2.05, 4.69) is 6.92 Å². The molecule has 1 rings (SSSR count). The number of hydrogen-bond donors (Lipinski definition) is 2. The van der Waals surface area contributed by atoms with Gasteiger partial charge in [0.05, 0.1) is 6.42 Å². The fraction of sp³-hybridized carbons (Fsp3) is 0.917. The van der Waals surface area contributed by atoms with Gasteiger partial charge in [-0.2, -0.15) is 0 Å². The zero-order valence-corrected chi connectivity index (χ0v) is 9.67. The molecule has 0 radical (unpaired) electrons. The zero-order chi connectivity index (χ0) is 11.3. The second-order valence-corrected chi connectivity index (χ2v) is 5.03. The van der Waals surface area contributed by atoms with Crippen LogP contribution >= 0.6 is 0 Å². The van der Waals surface area contributed by atoms with Gasteiger partial charge in [0.2, 0.25) is 0 Å². The van der Waals surface area contributed by atoms with Crippen LogP contribution in [0.3, 0.4) is 0 Å². The minimum absolute atomic E-state index is 0.107. The van der Waals surface area contributed by atoms with Gasteiger partial charge in [-0.25, -0.2) is 0 Å². The van der Waals surface area contributed by atoms with Crippen molar-refractivity contribution in [3.63, 3.8) is 0 Å². The van der Waals surface area contributed by atoms with Crippen molar-refractivity contribution < 1.29 is 9.90 Å². The highest BCUT2D eigenvalue weighted by molar-refractivity contribution is 5.67. The number of rotatable bonds is 5. The number of nitrogens with two attached hydrogens (primary N) is 1. The van der Waals surface area contributed by atoms with E-state index in [4.69, 9.17) is 10.8 Å². The Hall–Kier alpha value is -0.570. The van der Waals surface area contributed by atoms with Crippen molar-refractivity contribution in [3.05, 3.63) is 0 Å². The molecule has 1 fully saturated rings. The maximum absolute atomic E-state index is 10.8. The van der Waals surface area contributed by atoms with Gasteiger partial charge < -0.3 is 10.8 Å². The lowest BCUT2D eigenvalue weighted by Crippen LogP contribution is -2.37. The molecule has 0 aromatic heterocycles. The van der Waals surface area contributed by atoms with Crippen molar-refractivity contribution in [3.8, 4) is 0 Å². The van der Waals surface area contributed by atoms with Crippen LogP contribution in [0.4, 0.5) is 0 Å². The first-order valence-electron chi connectivity index (χ1n) is 6.04. The quantitative estimate of drug-likeness (QED) is 0.737. The normalized spacial score (nSPS) is 31.5. The molecular weight excluding hydrogens is 190 g/mol. The molecule has 0 aliphatic heterocycles. The van der Waals surface area contributed by atoms with Gasteiger partial charge in [-0.3, -0.25) is 4.79 Å². The van der Waals surface area contributed by atoms with Gasteiger partial charge in [-0.1, -0.05) is 32.6 Å². The van der Waals surface area contributed by atoms with Crippen LogP contribution < -0.4 is 5.73 Å². The van der Waals surface area contributed by atoms with Gasteiger partial charge in [0.25, 0.3) is 0 Å². The average molecular weight is 213 g/mol. The van der Waals surface area contributed by atoms with E-state index in [0.717, 1.165) is 19.3 Å². The standard InChI is InChI=1S/C12H23NO2/c1-2-4-10-5-3-6-12(7-10,9-13)8-11(14)15/h10H,2-9,13H2,1H3,(H,14,15)/t10-,12+/m1/s1. The summed E-state index contributed by atoms with van der Waals surface area (Å²) in [6, 6.07) is 0. The maximum atomic E-state index is 10.8. The Labute approximate surface area is 92.0 Å². The van der Waals surface area contributed by atoms with Crippen molar-refractivity contribution in [2.45, 2.75) is 51.9 Å². The summed E-state index contributed by atoms with van der Waals surface area (Å²) >= 11 is 0. The number of carboxylic acid groups (broad SMARTS) is 1. The fourth-order valence-corrected chi connectivity index (χ4v) is 2.98. The van der Waals surface area contributed by atoms with Crippen LogP contribution in [0.2, 0.25) is 0 Å². The van der Waals surface area contributed by atoms with Crippen LogP contribution in [0.15, 0.2) is 0 Å². The minimum atomic E-state index is -0.697. The summed E-state index contributed by atoms with van der Waals surface area (Å²) < 4.78 is 0. The molecular formula is C12H23NO2. The first-order chi connectivity index (χ1) is 7.12. The molecule has 1 saturated carbocycles. The van der Waals surface area contributed by atoms with Crippen LogP contribution in [0.5, 0.6) is 0 Å². The zero-order valence-electron chi connectivity index (χ0n) is 9.67. The Bertz CT molecular complexity index is 216. The molecule has 15 heavy (non-hydrogen) atoms. The van der Waals surface area contributed by atoms with Crippen molar-refractivity contribution in [1.29, 1.82) is 0 Å². The third-order valence-corrected chi connectivity index (χ3v) is 3.70. The Morgan fingerprint density at radius 2 is 2.33 bits per heavy atom. The summed E-state index contributed by atoms with van der Waals surface area (Å²) in [5.74, 6) is 0.00393. The van der Waals surface area contributed by atoms with Gasteiger partial charge in [0.1, 0.15) is 0 Å². The number of hydrogen-bond acceptors (Lipinski definition) is 2. The van der Waals surface area contributed by atoms with Crippen molar-refractivity contribution in [2.75, 3.05) is 6.54 Å². The van der Waals surface area contributed by atoms with E-state index in [-0.39, 0.29) is 11.8 Å². The third kappa shape index (κ3) is 3.49. The molecule has 0 bridgehead atoms. The second-order valence-electron chi connectivity index (χ2n) is 5.03. The SMILES string of the molecule is CCC[C@@H]1CCC[C@@](CN)(CC(=O)O)C1. The maximum Gasteiger partial charge on any atom is 0.303 e. The summed E-state index contributed by atoms with van der Waals surface area (Å²) in [5, 5.41) is 8.92. The first-order valence-corrected chi connectivity index (χ1v) is 6.04. The van der Waals surface area contributed by atoms with Crippen LogP contribution in [0.25, 0.3) is 0 Å². The predicted molar refractivity (Wildman–Crippen MR) is 60.6 cm³/mol. The Balaban J connectivity index is 2.59. The molecule has 0 aromatic rings. The Morgan fingerprint density at radius 3 is 2.87 bits per heavy atom. The molecule has 1 aliphatic carbocycles. The molecule has 0 aromatic carbocycles. The summed E-state index contributed by atoms with van der Waals surface area (Å²) in [6.07, 6.45) is 7.09. The molecule has 0 unspecified atom stereocenters. The van der Waals surface area contributed by atoms with Crippen LogP contribution in [-0.4, -0.2) is 17.6 Å². The predicted octanol–water partition coefficient (Wildman–Crippen LogP) is 2.40. The van der Waals surface area contributed by atoms with E-state index in [1.165, 1.54) is 19.3 Å². The van der Waals surface area contributed by atoms with Crippen molar-refractivity contribution in [1.82, 2.24) is 0 Å². The topological polar surface area (TPSA) is 63.3 Å².